The van der Waals surface area contributed by atoms with E-state index in [1.165, 1.54) is 0 Å². The highest BCUT2D eigenvalue weighted by molar-refractivity contribution is 6.35. The van der Waals surface area contributed by atoms with Crippen molar-refractivity contribution in [2.45, 2.75) is 44.8 Å². The first-order valence-corrected chi connectivity index (χ1v) is 20.8. The van der Waals surface area contributed by atoms with E-state index in [0.29, 0.717) is 66.1 Å². The molecule has 5 aliphatic heterocycles. The van der Waals surface area contributed by atoms with Crippen LogP contribution < -0.4 is 19.9 Å². The molecule has 17 heteroatoms. The third kappa shape index (κ3) is 6.42. The lowest BCUT2D eigenvalue weighted by molar-refractivity contribution is -0.150. The van der Waals surface area contributed by atoms with Gasteiger partial charge >= 0.3 is 0 Å². The van der Waals surface area contributed by atoms with E-state index in [0.717, 1.165) is 46.0 Å². The minimum absolute atomic E-state index is 0.0548. The van der Waals surface area contributed by atoms with Crippen LogP contribution in [-0.2, 0) is 14.4 Å². The van der Waals surface area contributed by atoms with Crippen molar-refractivity contribution in [2.75, 3.05) is 49.1 Å². The van der Waals surface area contributed by atoms with E-state index in [2.05, 4.69) is 30.3 Å². The van der Waals surface area contributed by atoms with Gasteiger partial charge in [0.25, 0.3) is 11.8 Å². The van der Waals surface area contributed by atoms with Crippen molar-refractivity contribution in [2.24, 2.45) is 11.3 Å². The Hall–Kier alpha value is -6.06. The number of carbonyl (C=O) groups excluding carboxylic acids is 5. The average molecular weight is 849 g/mol. The van der Waals surface area contributed by atoms with Crippen molar-refractivity contribution in [1.29, 1.82) is 0 Å². The van der Waals surface area contributed by atoms with Crippen LogP contribution in [0.25, 0.3) is 22.2 Å². The number of hydrogen-bond donors (Lipinski definition) is 2. The van der Waals surface area contributed by atoms with Crippen LogP contribution in [0.5, 0.6) is 5.75 Å². The Balaban J connectivity index is 0.727. The van der Waals surface area contributed by atoms with Crippen LogP contribution in [-0.4, -0.2) is 105 Å². The van der Waals surface area contributed by atoms with Gasteiger partial charge in [0.15, 0.2) is 0 Å². The summed E-state index contributed by atoms with van der Waals surface area (Å²) >= 11 is 12.7. The molecule has 0 radical (unpaired) electrons. The Morgan fingerprint density at radius 1 is 0.900 bits per heavy atom. The van der Waals surface area contributed by atoms with Crippen molar-refractivity contribution < 1.29 is 28.7 Å². The molecule has 3 aromatic heterocycles. The Kier molecular flexibility index (Phi) is 9.28. The molecule has 60 heavy (non-hydrogen) atoms. The largest absolute Gasteiger partial charge is 0.486 e. The number of amides is 5. The SMILES string of the molecule is C[C@@H](Oc1ccc2[nH]nc(-c3ccc(N4CC5(CN(C(=O)C6CCN(c7cccc8c7C(=O)N(C7CCC(=O)NC7=O)C8=O)CC6)C5)C4)nc3)c2c1)c1c(Cl)cncc1Cl. The minimum Gasteiger partial charge on any atom is -0.486 e. The van der Waals surface area contributed by atoms with Gasteiger partial charge in [0.2, 0.25) is 17.7 Å². The van der Waals surface area contributed by atoms with Gasteiger partial charge in [-0.1, -0.05) is 29.3 Å². The number of benzene rings is 2. The number of pyridine rings is 2. The van der Waals surface area contributed by atoms with E-state index in [-0.39, 0.29) is 41.2 Å². The van der Waals surface area contributed by atoms with Gasteiger partial charge in [-0.2, -0.15) is 5.10 Å². The number of ether oxygens (including phenoxy) is 1. The maximum Gasteiger partial charge on any atom is 0.264 e. The lowest BCUT2D eigenvalue weighted by Gasteiger charge is -2.61. The summed E-state index contributed by atoms with van der Waals surface area (Å²) in [7, 11) is 0. The standard InChI is InChI=1S/C43H39Cl2N9O6/c1-23(36-29(44)17-46-18-30(36)45)60-26-6-7-31-28(15-26)38(50-49-31)25-5-9-34(47-16-25)52-19-43(20-52)21-53(22-43)40(57)24-11-13-51(14-12-24)32-4-2-3-27-37(32)42(59)54(41(27)58)33-8-10-35(55)48-39(33)56/h2-7,9,15-18,23-24,33H,8,10-14,19-22H2,1H3,(H,49,50)(H,48,55,56)/t23-,33?/m1/s1. The summed E-state index contributed by atoms with van der Waals surface area (Å²) in [5.41, 5.74) is 4.37. The lowest BCUT2D eigenvalue weighted by Crippen LogP contribution is -2.73. The average Bonchev–Trinajstić information content (AvgIpc) is 3.74. The summed E-state index contributed by atoms with van der Waals surface area (Å²) in [6.07, 6.45) is 5.93. The topological polar surface area (TPSA) is 174 Å². The Labute approximate surface area is 354 Å². The molecule has 2 N–H and O–H groups in total. The molecular weight excluding hydrogens is 809 g/mol. The lowest BCUT2D eigenvalue weighted by atomic mass is 9.72. The summed E-state index contributed by atoms with van der Waals surface area (Å²) in [5, 5.41) is 11.7. The fraction of sp³-hybridized carbons (Fsp3) is 0.349. The molecule has 306 valence electrons. The Bertz CT molecular complexity index is 2590. The number of halogens is 2. The van der Waals surface area contributed by atoms with E-state index in [1.807, 2.05) is 54.4 Å². The molecule has 15 nitrogen and oxygen atoms in total. The number of aromatic nitrogens is 4. The molecule has 0 aliphatic carbocycles. The quantitative estimate of drug-likeness (QED) is 0.191. The minimum atomic E-state index is -1.02. The zero-order valence-corrected chi connectivity index (χ0v) is 34.0. The summed E-state index contributed by atoms with van der Waals surface area (Å²) in [5.74, 6) is -0.551. The van der Waals surface area contributed by atoms with Gasteiger partial charge in [0.05, 0.1) is 32.4 Å². The first kappa shape index (κ1) is 38.2. The molecule has 1 unspecified atom stereocenters. The number of rotatable bonds is 8. The molecule has 4 fully saturated rings. The fourth-order valence-electron chi connectivity index (χ4n) is 9.50. The number of hydrogen-bond acceptors (Lipinski definition) is 11. The van der Waals surface area contributed by atoms with Crippen LogP contribution in [0.15, 0.2) is 67.1 Å². The third-order valence-electron chi connectivity index (χ3n) is 12.5. The predicted molar refractivity (Wildman–Crippen MR) is 222 cm³/mol. The summed E-state index contributed by atoms with van der Waals surface area (Å²) in [6, 6.07) is 13.9. The Morgan fingerprint density at radius 2 is 1.67 bits per heavy atom. The van der Waals surface area contributed by atoms with E-state index in [9.17, 15) is 24.0 Å². The molecule has 0 bridgehead atoms. The normalized spacial score (nSPS) is 20.6. The molecule has 2 atom stereocenters. The highest BCUT2D eigenvalue weighted by atomic mass is 35.5. The monoisotopic (exact) mass is 847 g/mol. The fourth-order valence-corrected chi connectivity index (χ4v) is 10.2. The molecule has 0 saturated carbocycles. The molecule has 4 saturated heterocycles. The molecule has 10 rings (SSSR count). The summed E-state index contributed by atoms with van der Waals surface area (Å²) in [4.78, 5) is 81.0. The van der Waals surface area contributed by atoms with Crippen molar-refractivity contribution >= 4 is 75.1 Å². The van der Waals surface area contributed by atoms with Crippen LogP contribution in [0.1, 0.15) is 65.0 Å². The number of nitrogens with one attached hydrogen (secondary N) is 2. The second-order valence-electron chi connectivity index (χ2n) is 16.4. The number of fused-ring (bicyclic) bond motifs is 2. The predicted octanol–water partition coefficient (Wildman–Crippen LogP) is 5.43. The van der Waals surface area contributed by atoms with Crippen molar-refractivity contribution in [3.8, 4) is 17.0 Å². The first-order chi connectivity index (χ1) is 29.0. The molecule has 5 aliphatic rings. The smallest absolute Gasteiger partial charge is 0.264 e. The highest BCUT2D eigenvalue weighted by Gasteiger charge is 2.54. The van der Waals surface area contributed by atoms with E-state index in [4.69, 9.17) is 32.9 Å². The van der Waals surface area contributed by atoms with Gasteiger partial charge in [-0.05, 0) is 68.7 Å². The number of piperidine rings is 2. The van der Waals surface area contributed by atoms with Crippen molar-refractivity contribution in [3.05, 3.63) is 93.9 Å². The van der Waals surface area contributed by atoms with Gasteiger partial charge in [-0.3, -0.25) is 44.3 Å². The van der Waals surface area contributed by atoms with Crippen LogP contribution >= 0.6 is 23.2 Å². The maximum atomic E-state index is 13.7. The van der Waals surface area contributed by atoms with Crippen LogP contribution in [0.4, 0.5) is 11.5 Å². The van der Waals surface area contributed by atoms with Gasteiger partial charge < -0.3 is 19.4 Å². The zero-order chi connectivity index (χ0) is 41.4. The molecule has 5 aromatic rings. The van der Waals surface area contributed by atoms with E-state index >= 15 is 0 Å². The van der Waals surface area contributed by atoms with Gasteiger partial charge in [-0.25, -0.2) is 4.98 Å². The number of imide groups is 2. The highest BCUT2D eigenvalue weighted by Crippen LogP contribution is 2.44. The molecule has 2 aromatic carbocycles. The summed E-state index contributed by atoms with van der Waals surface area (Å²) < 4.78 is 6.24. The van der Waals surface area contributed by atoms with E-state index < -0.39 is 35.8 Å². The van der Waals surface area contributed by atoms with Crippen molar-refractivity contribution in [3.63, 3.8) is 0 Å². The second kappa shape index (κ2) is 14.6. The number of aromatic amines is 1. The second-order valence-corrected chi connectivity index (χ2v) is 17.2. The number of likely N-dealkylation sites (tertiary alicyclic amines) is 1. The molecular formula is C43H39Cl2N9O6. The maximum absolute atomic E-state index is 13.7. The number of anilines is 2. The van der Waals surface area contributed by atoms with E-state index in [1.54, 1.807) is 24.5 Å². The number of carbonyl (C=O) groups is 5. The van der Waals surface area contributed by atoms with Gasteiger partial charge in [0, 0.05) is 92.1 Å². The molecule has 8 heterocycles. The van der Waals surface area contributed by atoms with Crippen LogP contribution in [0.2, 0.25) is 10.0 Å². The van der Waals surface area contributed by atoms with Crippen LogP contribution in [0.3, 0.4) is 0 Å². The number of H-pyrrole nitrogens is 1. The first-order valence-electron chi connectivity index (χ1n) is 20.0. The third-order valence-corrected chi connectivity index (χ3v) is 13.1. The van der Waals surface area contributed by atoms with Crippen molar-refractivity contribution in [1.82, 2.24) is 35.3 Å². The van der Waals surface area contributed by atoms with Gasteiger partial charge in [-0.15, -0.1) is 0 Å². The summed E-state index contributed by atoms with van der Waals surface area (Å²) in [6.45, 7) is 6.05. The number of nitrogens with zero attached hydrogens (tertiary/aromatic N) is 7. The van der Waals surface area contributed by atoms with Crippen LogP contribution in [0, 0.1) is 11.3 Å². The molecule has 1 spiro atoms. The molecule has 5 amide bonds. The Morgan fingerprint density at radius 3 is 2.38 bits per heavy atom. The zero-order valence-electron chi connectivity index (χ0n) is 32.5. The van der Waals surface area contributed by atoms with Gasteiger partial charge in [0.1, 0.15) is 29.4 Å².